The molecule has 3 aromatic rings. The van der Waals surface area contributed by atoms with E-state index in [0.717, 1.165) is 43.3 Å². The van der Waals surface area contributed by atoms with Gasteiger partial charge in [-0.25, -0.2) is 4.98 Å². The first kappa shape index (κ1) is 18.2. The Morgan fingerprint density at radius 1 is 1.15 bits per heavy atom. The summed E-state index contributed by atoms with van der Waals surface area (Å²) in [7, 11) is 3.86. The van der Waals surface area contributed by atoms with Crippen molar-refractivity contribution in [3.8, 4) is 5.75 Å². The molecule has 0 unspecified atom stereocenters. The third-order valence-corrected chi connectivity index (χ3v) is 4.60. The first-order chi connectivity index (χ1) is 12.6. The lowest BCUT2D eigenvalue weighted by atomic mass is 10.1. The van der Waals surface area contributed by atoms with Crippen LogP contribution in [0.4, 0.5) is 0 Å². The average Bonchev–Trinajstić information content (AvgIpc) is 3.24. The number of aromatic nitrogens is 4. The predicted octanol–water partition coefficient (Wildman–Crippen LogP) is 3.10. The van der Waals surface area contributed by atoms with E-state index in [1.165, 1.54) is 11.3 Å². The zero-order valence-corrected chi connectivity index (χ0v) is 16.0. The van der Waals surface area contributed by atoms with E-state index < -0.39 is 0 Å². The fourth-order valence-electron chi connectivity index (χ4n) is 3.23. The fourth-order valence-corrected chi connectivity index (χ4v) is 3.23. The molecular formula is C20H27N5O. The first-order valence-electron chi connectivity index (χ1n) is 8.93. The lowest BCUT2D eigenvalue weighted by Crippen LogP contribution is -2.20. The molecule has 2 heterocycles. The van der Waals surface area contributed by atoms with Gasteiger partial charge < -0.3 is 9.30 Å². The third kappa shape index (κ3) is 4.14. The number of methoxy groups -OCH3 is 1. The van der Waals surface area contributed by atoms with Crippen LogP contribution in [0.2, 0.25) is 0 Å². The maximum absolute atomic E-state index is 5.55. The Balaban J connectivity index is 1.73. The summed E-state index contributed by atoms with van der Waals surface area (Å²) < 4.78 is 9.72. The van der Waals surface area contributed by atoms with Gasteiger partial charge in [0, 0.05) is 43.8 Å². The van der Waals surface area contributed by atoms with Crippen LogP contribution in [0.3, 0.4) is 0 Å². The van der Waals surface area contributed by atoms with Crippen molar-refractivity contribution in [2.24, 2.45) is 0 Å². The molecule has 0 fully saturated rings. The maximum atomic E-state index is 5.55. The lowest BCUT2D eigenvalue weighted by Gasteiger charge is -2.19. The van der Waals surface area contributed by atoms with Gasteiger partial charge in [-0.05, 0) is 44.7 Å². The Morgan fingerprint density at radius 3 is 2.69 bits per heavy atom. The summed E-state index contributed by atoms with van der Waals surface area (Å²) in [6.07, 6.45) is 5.70. The summed E-state index contributed by atoms with van der Waals surface area (Å²) in [4.78, 5) is 6.61. The maximum Gasteiger partial charge on any atom is 0.123 e. The Hall–Kier alpha value is -2.60. The Bertz CT molecular complexity index is 852. The topological polar surface area (TPSA) is 48.1 Å². The minimum atomic E-state index is 0.759. The van der Waals surface area contributed by atoms with Crippen LogP contribution in [0.15, 0.2) is 42.9 Å². The number of hydrogen-bond donors (Lipinski definition) is 0. The number of benzene rings is 1. The molecule has 1 aromatic carbocycles. The highest BCUT2D eigenvalue weighted by Gasteiger charge is 2.10. The van der Waals surface area contributed by atoms with Crippen molar-refractivity contribution in [3.05, 3.63) is 65.5 Å². The average molecular weight is 353 g/mol. The molecule has 138 valence electrons. The van der Waals surface area contributed by atoms with E-state index in [0.29, 0.717) is 0 Å². The monoisotopic (exact) mass is 353 g/mol. The molecule has 0 radical (unpaired) electrons. The molecule has 0 aliphatic rings. The van der Waals surface area contributed by atoms with Gasteiger partial charge in [0.05, 0.1) is 19.3 Å². The summed E-state index contributed by atoms with van der Waals surface area (Å²) in [5, 5.41) is 4.35. The highest BCUT2D eigenvalue weighted by Crippen LogP contribution is 2.22. The SMILES string of the molecule is CCn1nccc1CN(C)Cc1ccc(OC)c(Cn2ccnc2C)c1. The van der Waals surface area contributed by atoms with Crippen LogP contribution < -0.4 is 4.74 Å². The van der Waals surface area contributed by atoms with Gasteiger partial charge in [-0.3, -0.25) is 9.58 Å². The van der Waals surface area contributed by atoms with Crippen molar-refractivity contribution in [2.75, 3.05) is 14.2 Å². The minimum absolute atomic E-state index is 0.759. The van der Waals surface area contributed by atoms with E-state index in [1.807, 2.05) is 30.2 Å². The number of aryl methyl sites for hydroxylation is 2. The van der Waals surface area contributed by atoms with Crippen molar-refractivity contribution >= 4 is 0 Å². The summed E-state index contributed by atoms with van der Waals surface area (Å²) in [6.45, 7) is 7.53. The van der Waals surface area contributed by atoms with Crippen LogP contribution in [0.1, 0.15) is 29.6 Å². The largest absolute Gasteiger partial charge is 0.496 e. The molecule has 0 bridgehead atoms. The molecule has 0 N–H and O–H groups in total. The van der Waals surface area contributed by atoms with E-state index in [4.69, 9.17) is 4.74 Å². The molecule has 0 atom stereocenters. The summed E-state index contributed by atoms with van der Waals surface area (Å²) >= 11 is 0. The van der Waals surface area contributed by atoms with Crippen LogP contribution in [0.5, 0.6) is 5.75 Å². The van der Waals surface area contributed by atoms with Crippen LogP contribution >= 0.6 is 0 Å². The predicted molar refractivity (Wildman–Crippen MR) is 102 cm³/mol. The first-order valence-corrected chi connectivity index (χ1v) is 8.93. The summed E-state index contributed by atoms with van der Waals surface area (Å²) in [5.74, 6) is 1.91. The lowest BCUT2D eigenvalue weighted by molar-refractivity contribution is 0.307. The number of imidazole rings is 1. The molecule has 0 saturated carbocycles. The normalized spacial score (nSPS) is 11.3. The van der Waals surface area contributed by atoms with Crippen molar-refractivity contribution in [3.63, 3.8) is 0 Å². The second-order valence-corrected chi connectivity index (χ2v) is 6.56. The summed E-state index contributed by atoms with van der Waals surface area (Å²) in [5.41, 5.74) is 3.67. The minimum Gasteiger partial charge on any atom is -0.496 e. The van der Waals surface area contributed by atoms with Gasteiger partial charge in [-0.1, -0.05) is 6.07 Å². The number of nitrogens with zero attached hydrogens (tertiary/aromatic N) is 5. The van der Waals surface area contributed by atoms with E-state index in [1.54, 1.807) is 7.11 Å². The van der Waals surface area contributed by atoms with E-state index in [9.17, 15) is 0 Å². The Kier molecular flexibility index (Phi) is 5.73. The number of rotatable bonds is 8. The molecule has 0 saturated heterocycles. The summed E-state index contributed by atoms with van der Waals surface area (Å²) in [6, 6.07) is 8.50. The molecule has 0 aliphatic heterocycles. The van der Waals surface area contributed by atoms with E-state index >= 15 is 0 Å². The molecule has 0 amide bonds. The second-order valence-electron chi connectivity index (χ2n) is 6.56. The zero-order chi connectivity index (χ0) is 18.5. The number of hydrogen-bond acceptors (Lipinski definition) is 4. The molecule has 2 aromatic heterocycles. The highest BCUT2D eigenvalue weighted by atomic mass is 16.5. The van der Waals surface area contributed by atoms with Gasteiger partial charge in [0.2, 0.25) is 0 Å². The van der Waals surface area contributed by atoms with Gasteiger partial charge >= 0.3 is 0 Å². The Labute approximate surface area is 155 Å². The van der Waals surface area contributed by atoms with Gasteiger partial charge in [0.25, 0.3) is 0 Å². The Morgan fingerprint density at radius 2 is 2.00 bits per heavy atom. The van der Waals surface area contributed by atoms with Gasteiger partial charge in [-0.15, -0.1) is 0 Å². The highest BCUT2D eigenvalue weighted by molar-refractivity contribution is 5.37. The van der Waals surface area contributed by atoms with E-state index in [2.05, 4.69) is 57.8 Å². The molecule has 0 spiro atoms. The molecule has 6 nitrogen and oxygen atoms in total. The number of ether oxygens (including phenoxy) is 1. The van der Waals surface area contributed by atoms with Gasteiger partial charge in [0.15, 0.2) is 0 Å². The standard InChI is InChI=1S/C20H27N5O/c1-5-25-19(8-9-22-25)15-23(3)13-17-6-7-20(26-4)18(12-17)14-24-11-10-21-16(24)2/h6-12H,5,13-15H2,1-4H3. The molecule has 6 heteroatoms. The van der Waals surface area contributed by atoms with Crippen molar-refractivity contribution in [1.29, 1.82) is 0 Å². The molecular weight excluding hydrogens is 326 g/mol. The third-order valence-electron chi connectivity index (χ3n) is 4.60. The van der Waals surface area contributed by atoms with Crippen molar-refractivity contribution in [1.82, 2.24) is 24.2 Å². The van der Waals surface area contributed by atoms with Crippen molar-refractivity contribution < 1.29 is 4.74 Å². The molecule has 26 heavy (non-hydrogen) atoms. The van der Waals surface area contributed by atoms with Gasteiger partial charge in [0.1, 0.15) is 11.6 Å². The zero-order valence-electron chi connectivity index (χ0n) is 16.0. The van der Waals surface area contributed by atoms with E-state index in [-0.39, 0.29) is 0 Å². The molecule has 3 rings (SSSR count). The van der Waals surface area contributed by atoms with Gasteiger partial charge in [-0.2, -0.15) is 5.10 Å². The molecule has 0 aliphatic carbocycles. The smallest absolute Gasteiger partial charge is 0.123 e. The van der Waals surface area contributed by atoms with Crippen LogP contribution in [-0.2, 0) is 26.2 Å². The van der Waals surface area contributed by atoms with Crippen LogP contribution in [-0.4, -0.2) is 38.4 Å². The quantitative estimate of drug-likeness (QED) is 0.624. The second kappa shape index (κ2) is 8.19. The fraction of sp³-hybridized carbons (Fsp3) is 0.400. The van der Waals surface area contributed by atoms with Crippen LogP contribution in [0, 0.1) is 6.92 Å². The van der Waals surface area contributed by atoms with Crippen LogP contribution in [0.25, 0.3) is 0 Å². The van der Waals surface area contributed by atoms with Crippen molar-refractivity contribution in [2.45, 2.75) is 40.0 Å².